The van der Waals surface area contributed by atoms with Crippen LogP contribution in [0.4, 0.5) is 22.0 Å². The molecule has 1 aromatic rings. The van der Waals surface area contributed by atoms with Gasteiger partial charge in [0.05, 0.1) is 5.56 Å². The summed E-state index contributed by atoms with van der Waals surface area (Å²) in [5.74, 6) is -10.8. The molecule has 0 aliphatic carbocycles. The average molecular weight is 327 g/mol. The van der Waals surface area contributed by atoms with Crippen LogP contribution in [0.2, 0.25) is 0 Å². The lowest BCUT2D eigenvalue weighted by Crippen LogP contribution is -2.44. The Labute approximate surface area is 120 Å². The topological polar surface area (TPSA) is 86.6 Å². The van der Waals surface area contributed by atoms with Gasteiger partial charge in [0.25, 0.3) is 0 Å². The van der Waals surface area contributed by atoms with Gasteiger partial charge in [-0.05, 0) is 0 Å². The summed E-state index contributed by atoms with van der Waals surface area (Å²) in [5.41, 5.74) is -1.15. The van der Waals surface area contributed by atoms with Gasteiger partial charge < -0.3 is 15.5 Å². The maximum absolute atomic E-state index is 13.6. The van der Waals surface area contributed by atoms with Crippen molar-refractivity contribution in [2.24, 2.45) is 5.92 Å². The lowest BCUT2D eigenvalue weighted by molar-refractivity contribution is -0.159. The van der Waals surface area contributed by atoms with E-state index in [1.807, 2.05) is 0 Å². The minimum atomic E-state index is -2.04. The van der Waals surface area contributed by atoms with Crippen molar-refractivity contribution in [2.75, 3.05) is 13.1 Å². The van der Waals surface area contributed by atoms with E-state index in [1.165, 1.54) is 0 Å². The Balaban J connectivity index is 0.000000346. The third-order valence-corrected chi connectivity index (χ3v) is 2.83. The molecule has 10 heteroatoms. The number of carboxylic acid groups (broad SMARTS) is 2. The fourth-order valence-electron chi connectivity index (χ4n) is 1.59. The molecule has 3 N–H and O–H groups in total. The zero-order valence-electron chi connectivity index (χ0n) is 10.7. The van der Waals surface area contributed by atoms with Crippen molar-refractivity contribution in [3.8, 4) is 0 Å². The molecule has 1 fully saturated rings. The normalized spacial score (nSPS) is 15.3. The van der Waals surface area contributed by atoms with Gasteiger partial charge in [-0.2, -0.15) is 0 Å². The summed E-state index contributed by atoms with van der Waals surface area (Å²) in [6.07, 6.45) is -2.04. The fourth-order valence-corrected chi connectivity index (χ4v) is 1.59. The third kappa shape index (κ3) is 3.91. The van der Waals surface area contributed by atoms with Crippen molar-refractivity contribution < 1.29 is 41.8 Å². The highest BCUT2D eigenvalue weighted by molar-refractivity contribution is 6.27. The maximum atomic E-state index is 13.6. The lowest BCUT2D eigenvalue weighted by Gasteiger charge is -2.30. The zero-order chi connectivity index (χ0) is 17.0. The van der Waals surface area contributed by atoms with Gasteiger partial charge in [0.2, 0.25) is 0 Å². The molecule has 0 radical (unpaired) electrons. The van der Waals surface area contributed by atoms with Crippen LogP contribution in [0, 0.1) is 29.2 Å². The van der Waals surface area contributed by atoms with Crippen LogP contribution in [0.3, 0.4) is 0 Å². The first-order chi connectivity index (χ1) is 10.2. The van der Waals surface area contributed by atoms with Gasteiger partial charge in [0.1, 0.15) is 6.17 Å². The Hall–Kier alpha value is -2.23. The summed E-state index contributed by atoms with van der Waals surface area (Å²) < 4.78 is 65.6. The number of aliphatic carboxylic acids is 2. The van der Waals surface area contributed by atoms with Crippen molar-refractivity contribution in [3.63, 3.8) is 0 Å². The number of nitrogens with one attached hydrogen (secondary N) is 1. The standard InChI is InChI=1S/C10H8F5N.C2H2O4/c11-5-1-6(12)10(15)7(9(5)14)8(13)4-2-16-3-4;3-1(4)2(5)6/h1,4,8,16H,2-3H2;(H,3,4)(H,5,6). The molecule has 0 spiro atoms. The molecule has 22 heavy (non-hydrogen) atoms. The molecule has 0 aromatic heterocycles. The summed E-state index contributed by atoms with van der Waals surface area (Å²) in [6.45, 7) is 0.469. The van der Waals surface area contributed by atoms with Crippen molar-refractivity contribution in [3.05, 3.63) is 34.9 Å². The second kappa shape index (κ2) is 7.16. The number of benzene rings is 1. The molecule has 1 heterocycles. The maximum Gasteiger partial charge on any atom is 0.414 e. The van der Waals surface area contributed by atoms with Gasteiger partial charge in [0.15, 0.2) is 23.3 Å². The van der Waals surface area contributed by atoms with E-state index in [1.54, 1.807) is 0 Å². The molecule has 0 amide bonds. The second-order valence-corrected chi connectivity index (χ2v) is 4.31. The number of carboxylic acids is 2. The van der Waals surface area contributed by atoms with Crippen molar-refractivity contribution in [1.29, 1.82) is 0 Å². The van der Waals surface area contributed by atoms with Crippen LogP contribution >= 0.6 is 0 Å². The zero-order valence-corrected chi connectivity index (χ0v) is 10.7. The van der Waals surface area contributed by atoms with Gasteiger partial charge >= 0.3 is 11.9 Å². The molecule has 0 saturated carbocycles. The van der Waals surface area contributed by atoms with E-state index in [2.05, 4.69) is 5.32 Å². The highest BCUT2D eigenvalue weighted by Crippen LogP contribution is 2.34. The van der Waals surface area contributed by atoms with E-state index in [4.69, 9.17) is 19.8 Å². The van der Waals surface area contributed by atoms with Gasteiger partial charge in [-0.15, -0.1) is 0 Å². The third-order valence-electron chi connectivity index (χ3n) is 2.83. The number of halogens is 5. The van der Waals surface area contributed by atoms with Crippen LogP contribution in [0.1, 0.15) is 11.7 Å². The summed E-state index contributed by atoms with van der Waals surface area (Å²) in [6, 6.07) is 0.0694. The fraction of sp³-hybridized carbons (Fsp3) is 0.333. The van der Waals surface area contributed by atoms with E-state index >= 15 is 0 Å². The first-order valence-electron chi connectivity index (χ1n) is 5.80. The number of hydrogen-bond donors (Lipinski definition) is 3. The van der Waals surface area contributed by atoms with E-state index in [0.717, 1.165) is 0 Å². The molecule has 1 aromatic carbocycles. The summed E-state index contributed by atoms with van der Waals surface area (Å²) in [5, 5.41) is 17.5. The van der Waals surface area contributed by atoms with E-state index < -0.39 is 52.9 Å². The quantitative estimate of drug-likeness (QED) is 0.437. The minimum Gasteiger partial charge on any atom is -0.473 e. The Bertz CT molecular complexity index is 553. The molecule has 122 valence electrons. The number of rotatable bonds is 2. The number of alkyl halides is 1. The Morgan fingerprint density at radius 3 is 1.73 bits per heavy atom. The Kier molecular flexibility index (Phi) is 5.80. The van der Waals surface area contributed by atoms with Gasteiger partial charge in [-0.3, -0.25) is 0 Å². The molecule has 0 bridgehead atoms. The van der Waals surface area contributed by atoms with Gasteiger partial charge in [-0.1, -0.05) is 0 Å². The van der Waals surface area contributed by atoms with Crippen LogP contribution in [0.15, 0.2) is 6.07 Å². The summed E-state index contributed by atoms with van der Waals surface area (Å²) >= 11 is 0. The Morgan fingerprint density at radius 2 is 1.45 bits per heavy atom. The first-order valence-corrected chi connectivity index (χ1v) is 5.80. The molecule has 1 aliphatic heterocycles. The molecule has 1 unspecified atom stereocenters. The van der Waals surface area contributed by atoms with Crippen molar-refractivity contribution in [1.82, 2.24) is 5.32 Å². The molecular weight excluding hydrogens is 317 g/mol. The second-order valence-electron chi connectivity index (χ2n) is 4.31. The van der Waals surface area contributed by atoms with Gasteiger partial charge in [0, 0.05) is 25.1 Å². The van der Waals surface area contributed by atoms with E-state index in [9.17, 15) is 22.0 Å². The van der Waals surface area contributed by atoms with Crippen molar-refractivity contribution in [2.45, 2.75) is 6.17 Å². The number of carbonyl (C=O) groups is 2. The van der Waals surface area contributed by atoms with Crippen molar-refractivity contribution >= 4 is 11.9 Å². The van der Waals surface area contributed by atoms with Crippen LogP contribution in [0.25, 0.3) is 0 Å². The SMILES string of the molecule is Fc1cc(F)c(F)c(C(F)C2CNC2)c1F.O=C(O)C(=O)O. The van der Waals surface area contributed by atoms with Crippen LogP contribution in [0.5, 0.6) is 0 Å². The Morgan fingerprint density at radius 1 is 1.05 bits per heavy atom. The summed E-state index contributed by atoms with van der Waals surface area (Å²) in [4.78, 5) is 18.2. The highest BCUT2D eigenvalue weighted by atomic mass is 19.2. The first kappa shape index (κ1) is 17.8. The van der Waals surface area contributed by atoms with Crippen LogP contribution in [-0.4, -0.2) is 35.2 Å². The van der Waals surface area contributed by atoms with E-state index in [-0.39, 0.29) is 19.2 Å². The molecule has 2 rings (SSSR count). The molecular formula is C12H10F5NO4. The van der Waals surface area contributed by atoms with Gasteiger partial charge in [-0.25, -0.2) is 31.5 Å². The molecule has 1 atom stereocenters. The average Bonchev–Trinajstić information content (AvgIpc) is 2.35. The largest absolute Gasteiger partial charge is 0.473 e. The predicted molar refractivity (Wildman–Crippen MR) is 61.8 cm³/mol. The minimum absolute atomic E-state index is 0.0694. The summed E-state index contributed by atoms with van der Waals surface area (Å²) in [7, 11) is 0. The lowest BCUT2D eigenvalue weighted by atomic mass is 9.91. The monoisotopic (exact) mass is 327 g/mol. The predicted octanol–water partition coefficient (Wildman–Crippen LogP) is 1.63. The highest BCUT2D eigenvalue weighted by Gasteiger charge is 2.34. The smallest absolute Gasteiger partial charge is 0.414 e. The van der Waals surface area contributed by atoms with E-state index in [0.29, 0.717) is 0 Å². The molecule has 5 nitrogen and oxygen atoms in total. The van der Waals surface area contributed by atoms with Crippen LogP contribution in [-0.2, 0) is 9.59 Å². The number of hydrogen-bond acceptors (Lipinski definition) is 3. The molecule has 1 aliphatic rings. The van der Waals surface area contributed by atoms with Crippen LogP contribution < -0.4 is 5.32 Å². The molecule has 1 saturated heterocycles.